The molecule has 3 nitrogen and oxygen atoms in total. The lowest BCUT2D eigenvalue weighted by molar-refractivity contribution is -0.119. The molecule has 1 aromatic heterocycles. The molecule has 1 unspecified atom stereocenters. The van der Waals surface area contributed by atoms with Gasteiger partial charge in [-0.05, 0) is 61.3 Å². The van der Waals surface area contributed by atoms with E-state index >= 15 is 0 Å². The van der Waals surface area contributed by atoms with Gasteiger partial charge in [-0.3, -0.25) is 9.78 Å². The van der Waals surface area contributed by atoms with Gasteiger partial charge in [0.15, 0.2) is 0 Å². The van der Waals surface area contributed by atoms with E-state index in [9.17, 15) is 4.79 Å². The molecule has 2 N–H and O–H groups in total. The molecule has 118 valence electrons. The number of nitrogens with zero attached hydrogens (tertiary/aromatic N) is 1. The fraction of sp³-hybridized carbons (Fsp3) is 0.400. The molecule has 0 saturated carbocycles. The summed E-state index contributed by atoms with van der Waals surface area (Å²) < 4.78 is 0. The number of fused-ring (bicyclic) bond motifs is 2. The van der Waals surface area contributed by atoms with Crippen molar-refractivity contribution in [1.82, 2.24) is 4.98 Å². The lowest BCUT2D eigenvalue weighted by Gasteiger charge is -2.27. The van der Waals surface area contributed by atoms with Crippen LogP contribution < -0.4 is 5.73 Å². The van der Waals surface area contributed by atoms with E-state index in [0.717, 1.165) is 42.6 Å². The van der Waals surface area contributed by atoms with Crippen LogP contribution in [0.4, 0.5) is 0 Å². The maximum Gasteiger partial charge on any atom is 0.225 e. The van der Waals surface area contributed by atoms with Gasteiger partial charge in [-0.15, -0.1) is 0 Å². The Morgan fingerprint density at radius 3 is 2.70 bits per heavy atom. The second-order valence-electron chi connectivity index (χ2n) is 6.76. The number of hydrogen-bond donors (Lipinski definition) is 1. The average Bonchev–Trinajstić information content (AvgIpc) is 2.60. The number of rotatable bonds is 2. The molecule has 0 fully saturated rings. The van der Waals surface area contributed by atoms with Crippen molar-refractivity contribution < 1.29 is 4.79 Å². The minimum absolute atomic E-state index is 0.154. The molecule has 1 aromatic carbocycles. The summed E-state index contributed by atoms with van der Waals surface area (Å²) in [6.45, 7) is 0. The Labute approximate surface area is 136 Å². The standard InChI is InChI=1S/C20H22N2O/c21-20(23)17-9-4-10-18-16(17)11-12-19(22-18)15-8-3-6-13-5-1-2-7-14(13)15/h1-2,5,7,11-12,15,17H,3-4,6,8-10H2,(H2,21,23)/t15-,17?/m1/s1. The lowest BCUT2D eigenvalue weighted by atomic mass is 9.79. The maximum atomic E-state index is 11.7. The number of primary amides is 1. The SMILES string of the molecule is NC(=O)C1CCCc2nc([C@@H]3CCCc4ccccc43)ccc21. The van der Waals surface area contributed by atoms with E-state index in [4.69, 9.17) is 10.7 Å². The first-order chi connectivity index (χ1) is 11.2. The van der Waals surface area contributed by atoms with Crippen LogP contribution in [0.3, 0.4) is 0 Å². The highest BCUT2D eigenvalue weighted by Gasteiger charge is 2.28. The Balaban J connectivity index is 1.73. The summed E-state index contributed by atoms with van der Waals surface area (Å²) in [7, 11) is 0. The number of carbonyl (C=O) groups is 1. The Bertz CT molecular complexity index is 753. The van der Waals surface area contributed by atoms with Crippen LogP contribution in [0.5, 0.6) is 0 Å². The first-order valence-electron chi connectivity index (χ1n) is 8.61. The van der Waals surface area contributed by atoms with E-state index < -0.39 is 0 Å². The van der Waals surface area contributed by atoms with Crippen LogP contribution in [0.1, 0.15) is 65.6 Å². The topological polar surface area (TPSA) is 56.0 Å². The van der Waals surface area contributed by atoms with E-state index in [-0.39, 0.29) is 11.8 Å². The third-order valence-corrected chi connectivity index (χ3v) is 5.38. The zero-order valence-electron chi connectivity index (χ0n) is 13.3. The van der Waals surface area contributed by atoms with Crippen molar-refractivity contribution >= 4 is 5.91 Å². The third-order valence-electron chi connectivity index (χ3n) is 5.38. The van der Waals surface area contributed by atoms with Gasteiger partial charge in [0.25, 0.3) is 0 Å². The second-order valence-corrected chi connectivity index (χ2v) is 6.76. The van der Waals surface area contributed by atoms with Crippen LogP contribution in [0.2, 0.25) is 0 Å². The number of hydrogen-bond acceptors (Lipinski definition) is 2. The first kappa shape index (κ1) is 14.4. The Morgan fingerprint density at radius 2 is 1.83 bits per heavy atom. The molecular formula is C20H22N2O. The molecule has 3 heteroatoms. The fourth-order valence-corrected chi connectivity index (χ4v) is 4.23. The fourth-order valence-electron chi connectivity index (χ4n) is 4.23. The van der Waals surface area contributed by atoms with Crippen molar-refractivity contribution in [2.24, 2.45) is 5.73 Å². The zero-order valence-corrected chi connectivity index (χ0v) is 13.3. The third kappa shape index (κ3) is 2.54. The highest BCUT2D eigenvalue weighted by atomic mass is 16.1. The van der Waals surface area contributed by atoms with E-state index in [2.05, 4.69) is 36.4 Å². The Hall–Kier alpha value is -2.16. The van der Waals surface area contributed by atoms with Crippen LogP contribution in [0, 0.1) is 0 Å². The van der Waals surface area contributed by atoms with Gasteiger partial charge in [-0.2, -0.15) is 0 Å². The van der Waals surface area contributed by atoms with Gasteiger partial charge < -0.3 is 5.73 Å². The van der Waals surface area contributed by atoms with E-state index in [1.165, 1.54) is 24.0 Å². The van der Waals surface area contributed by atoms with Gasteiger partial charge in [0.2, 0.25) is 5.91 Å². The Kier molecular flexibility index (Phi) is 3.64. The Morgan fingerprint density at radius 1 is 1.00 bits per heavy atom. The van der Waals surface area contributed by atoms with E-state index in [1.807, 2.05) is 0 Å². The summed E-state index contributed by atoms with van der Waals surface area (Å²) in [6.07, 6.45) is 6.35. The molecule has 0 aliphatic heterocycles. The molecule has 2 atom stereocenters. The first-order valence-corrected chi connectivity index (χ1v) is 8.61. The molecule has 1 heterocycles. The monoisotopic (exact) mass is 306 g/mol. The normalized spacial score (nSPS) is 23.0. The lowest BCUT2D eigenvalue weighted by Crippen LogP contribution is -2.26. The average molecular weight is 306 g/mol. The van der Waals surface area contributed by atoms with E-state index in [1.54, 1.807) is 0 Å². The van der Waals surface area contributed by atoms with Crippen LogP contribution in [-0.2, 0) is 17.6 Å². The summed E-state index contributed by atoms with van der Waals surface area (Å²) >= 11 is 0. The molecule has 2 aliphatic rings. The number of aromatic nitrogens is 1. The number of pyridine rings is 1. The summed E-state index contributed by atoms with van der Waals surface area (Å²) in [5, 5.41) is 0. The number of aryl methyl sites for hydroxylation is 2. The molecule has 2 aromatic rings. The van der Waals surface area contributed by atoms with Crippen molar-refractivity contribution in [1.29, 1.82) is 0 Å². The molecule has 0 spiro atoms. The summed E-state index contributed by atoms with van der Waals surface area (Å²) in [5.74, 6) is 0.0154. The van der Waals surface area contributed by atoms with Crippen molar-refractivity contribution in [3.05, 3.63) is 64.5 Å². The quantitative estimate of drug-likeness (QED) is 0.924. The van der Waals surface area contributed by atoms with Gasteiger partial charge >= 0.3 is 0 Å². The highest BCUT2D eigenvalue weighted by molar-refractivity contribution is 5.82. The summed E-state index contributed by atoms with van der Waals surface area (Å²) in [6, 6.07) is 12.9. The number of benzene rings is 1. The van der Waals surface area contributed by atoms with Gasteiger partial charge in [0, 0.05) is 17.3 Å². The van der Waals surface area contributed by atoms with Crippen molar-refractivity contribution in [3.8, 4) is 0 Å². The number of carbonyl (C=O) groups excluding carboxylic acids is 1. The molecule has 2 aliphatic carbocycles. The largest absolute Gasteiger partial charge is 0.369 e. The zero-order chi connectivity index (χ0) is 15.8. The molecule has 0 bridgehead atoms. The van der Waals surface area contributed by atoms with Crippen LogP contribution in [0.25, 0.3) is 0 Å². The van der Waals surface area contributed by atoms with Crippen molar-refractivity contribution in [2.75, 3.05) is 0 Å². The molecule has 4 rings (SSSR count). The minimum Gasteiger partial charge on any atom is -0.369 e. The predicted molar refractivity (Wildman–Crippen MR) is 90.3 cm³/mol. The maximum absolute atomic E-state index is 11.7. The van der Waals surface area contributed by atoms with Gasteiger partial charge in [-0.1, -0.05) is 30.3 Å². The molecule has 1 amide bonds. The molecule has 23 heavy (non-hydrogen) atoms. The molecular weight excluding hydrogens is 284 g/mol. The van der Waals surface area contributed by atoms with E-state index in [0.29, 0.717) is 5.92 Å². The smallest absolute Gasteiger partial charge is 0.225 e. The highest BCUT2D eigenvalue weighted by Crippen LogP contribution is 2.38. The van der Waals surface area contributed by atoms with Crippen LogP contribution >= 0.6 is 0 Å². The van der Waals surface area contributed by atoms with Crippen molar-refractivity contribution in [3.63, 3.8) is 0 Å². The van der Waals surface area contributed by atoms with Gasteiger partial charge in [0.1, 0.15) is 0 Å². The van der Waals surface area contributed by atoms with Crippen LogP contribution in [-0.4, -0.2) is 10.9 Å². The predicted octanol–water partition coefficient (Wildman–Crippen LogP) is 3.46. The molecule has 0 radical (unpaired) electrons. The second kappa shape index (κ2) is 5.80. The summed E-state index contributed by atoms with van der Waals surface area (Å²) in [5.41, 5.74) is 11.7. The minimum atomic E-state index is -0.219. The van der Waals surface area contributed by atoms with Gasteiger partial charge in [0.05, 0.1) is 5.92 Å². The number of nitrogens with two attached hydrogens (primary N) is 1. The number of amides is 1. The van der Waals surface area contributed by atoms with Gasteiger partial charge in [-0.25, -0.2) is 0 Å². The summed E-state index contributed by atoms with van der Waals surface area (Å²) in [4.78, 5) is 16.6. The van der Waals surface area contributed by atoms with Crippen molar-refractivity contribution in [2.45, 2.75) is 50.4 Å². The van der Waals surface area contributed by atoms with Crippen LogP contribution in [0.15, 0.2) is 36.4 Å². The molecule has 0 saturated heterocycles.